The van der Waals surface area contributed by atoms with Crippen molar-refractivity contribution >= 4 is 55.6 Å². The third-order valence-corrected chi connectivity index (χ3v) is 11.6. The van der Waals surface area contributed by atoms with Gasteiger partial charge in [0, 0.05) is 32.9 Å². The second kappa shape index (κ2) is 15.0. The van der Waals surface area contributed by atoms with Crippen LogP contribution in [0, 0.1) is 6.92 Å². The lowest BCUT2D eigenvalue weighted by molar-refractivity contribution is 0.0949. The third-order valence-electron chi connectivity index (χ3n) is 10.6. The van der Waals surface area contributed by atoms with Crippen molar-refractivity contribution in [3.8, 4) is 0 Å². The summed E-state index contributed by atoms with van der Waals surface area (Å²) in [5.74, 6) is 0.556. The number of ketones is 2. The van der Waals surface area contributed by atoms with Crippen LogP contribution in [0.4, 0.5) is 0 Å². The summed E-state index contributed by atoms with van der Waals surface area (Å²) in [7, 11) is 0. The number of Topliss-reactive ketones (excluding diaryl/α,β-unsaturated/α-hetero) is 2. The van der Waals surface area contributed by atoms with Crippen LogP contribution >= 0.6 is 31.9 Å². The topological polar surface area (TPSA) is 34.1 Å². The summed E-state index contributed by atoms with van der Waals surface area (Å²) in [6.45, 7) is 15.6. The van der Waals surface area contributed by atoms with E-state index >= 15 is 0 Å². The molecule has 0 saturated heterocycles. The molecule has 0 aromatic heterocycles. The number of rotatable bonds is 2. The van der Waals surface area contributed by atoms with Gasteiger partial charge in [0.1, 0.15) is 0 Å². The molecule has 0 saturated carbocycles. The van der Waals surface area contributed by atoms with E-state index in [0.29, 0.717) is 18.3 Å². The minimum atomic E-state index is 0.0996. The fraction of sp³-hybridized carbons (Fsp3) is 0.378. The monoisotopic (exact) mass is 780 g/mol. The Morgan fingerprint density at radius 2 is 1.00 bits per heavy atom. The number of benzene rings is 4. The van der Waals surface area contributed by atoms with Crippen LogP contribution in [0.15, 0.2) is 87.8 Å². The number of carbonyl (C=O) groups is 2. The molecule has 3 aliphatic rings. The quantitative estimate of drug-likeness (QED) is 0.190. The summed E-state index contributed by atoms with van der Waals surface area (Å²) in [4.78, 5) is 23.9. The summed E-state index contributed by atoms with van der Waals surface area (Å²) >= 11 is 6.93. The third kappa shape index (κ3) is 8.99. The van der Waals surface area contributed by atoms with E-state index in [1.165, 1.54) is 51.6 Å². The number of hydrogen-bond donors (Lipinski definition) is 0. The molecule has 0 amide bonds. The lowest BCUT2D eigenvalue weighted by Crippen LogP contribution is -2.27. The Kier molecular flexibility index (Phi) is 11.4. The van der Waals surface area contributed by atoms with Gasteiger partial charge in [-0.3, -0.25) is 9.59 Å². The van der Waals surface area contributed by atoms with Crippen LogP contribution in [0.3, 0.4) is 0 Å². The van der Waals surface area contributed by atoms with E-state index in [2.05, 4.69) is 153 Å². The average Bonchev–Trinajstić information content (AvgIpc) is 3.05. The molecule has 0 spiro atoms. The van der Waals surface area contributed by atoms with E-state index in [-0.39, 0.29) is 22.4 Å². The highest BCUT2D eigenvalue weighted by molar-refractivity contribution is 9.10. The first-order valence-electron chi connectivity index (χ1n) is 17.6. The Morgan fingerprint density at radius 3 is 1.61 bits per heavy atom. The first kappa shape index (κ1) is 37.2. The molecule has 0 heterocycles. The summed E-state index contributed by atoms with van der Waals surface area (Å²) in [5.41, 5.74) is 11.4. The zero-order chi connectivity index (χ0) is 35.6. The molecule has 0 fully saturated rings. The molecule has 3 aliphatic carbocycles. The predicted molar refractivity (Wildman–Crippen MR) is 214 cm³/mol. The first-order valence-corrected chi connectivity index (χ1v) is 19.2. The van der Waals surface area contributed by atoms with Gasteiger partial charge in [-0.25, -0.2) is 0 Å². The van der Waals surface area contributed by atoms with Gasteiger partial charge in [0.25, 0.3) is 0 Å². The van der Waals surface area contributed by atoms with Crippen molar-refractivity contribution in [3.05, 3.63) is 138 Å². The van der Waals surface area contributed by atoms with Crippen molar-refractivity contribution in [3.63, 3.8) is 0 Å². The fourth-order valence-electron chi connectivity index (χ4n) is 7.37. The van der Waals surface area contributed by atoms with Gasteiger partial charge in [-0.2, -0.15) is 0 Å². The maximum absolute atomic E-state index is 12.2. The van der Waals surface area contributed by atoms with E-state index in [9.17, 15) is 9.59 Å². The maximum atomic E-state index is 12.2. The van der Waals surface area contributed by atoms with Crippen molar-refractivity contribution in [2.24, 2.45) is 0 Å². The summed E-state index contributed by atoms with van der Waals surface area (Å²) < 4.78 is 2.20. The fourth-order valence-corrected chi connectivity index (χ4v) is 8.14. The number of halogens is 2. The molecule has 0 radical (unpaired) electrons. The Labute approximate surface area is 311 Å². The Balaban J connectivity index is 0.000000151. The number of carbonyl (C=O) groups excluding carboxylic acids is 2. The van der Waals surface area contributed by atoms with Crippen LogP contribution in [0.5, 0.6) is 0 Å². The van der Waals surface area contributed by atoms with Gasteiger partial charge in [-0.05, 0) is 119 Å². The van der Waals surface area contributed by atoms with Crippen LogP contribution in [0.25, 0.3) is 12.2 Å². The first-order chi connectivity index (χ1) is 23.1. The van der Waals surface area contributed by atoms with Crippen molar-refractivity contribution in [2.45, 2.75) is 110 Å². The molecule has 4 heteroatoms. The zero-order valence-electron chi connectivity index (χ0n) is 30.2. The Hall–Kier alpha value is -3.08. The minimum absolute atomic E-state index is 0.0996. The molecule has 0 atom stereocenters. The highest BCUT2D eigenvalue weighted by Crippen LogP contribution is 2.39. The van der Waals surface area contributed by atoms with E-state index < -0.39 is 0 Å². The smallest absolute Gasteiger partial charge is 0.163 e. The van der Waals surface area contributed by atoms with E-state index in [4.69, 9.17) is 0 Å². The van der Waals surface area contributed by atoms with Crippen molar-refractivity contribution in [1.29, 1.82) is 0 Å². The highest BCUT2D eigenvalue weighted by Gasteiger charge is 2.32. The summed E-state index contributed by atoms with van der Waals surface area (Å²) in [5, 5.41) is 0. The van der Waals surface area contributed by atoms with Gasteiger partial charge in [0.2, 0.25) is 0 Å². The lowest BCUT2D eigenvalue weighted by Gasteiger charge is -2.32. The minimum Gasteiger partial charge on any atom is -0.294 e. The van der Waals surface area contributed by atoms with Crippen LogP contribution in [-0.2, 0) is 22.7 Å². The second-order valence-electron chi connectivity index (χ2n) is 15.9. The Morgan fingerprint density at radius 1 is 0.531 bits per heavy atom. The van der Waals surface area contributed by atoms with Crippen molar-refractivity contribution < 1.29 is 9.59 Å². The van der Waals surface area contributed by atoms with Crippen LogP contribution in [0.1, 0.15) is 140 Å². The summed E-state index contributed by atoms with van der Waals surface area (Å²) in [6, 6.07) is 27.5. The van der Waals surface area contributed by atoms with Gasteiger partial charge >= 0.3 is 0 Å². The molecule has 7 rings (SSSR count). The van der Waals surface area contributed by atoms with Gasteiger partial charge in [-0.15, -0.1) is 0 Å². The maximum Gasteiger partial charge on any atom is 0.163 e. The molecular weight excluding hydrogens is 732 g/mol. The highest BCUT2D eigenvalue weighted by atomic mass is 79.9. The molecule has 0 aliphatic heterocycles. The number of hydrogen-bond acceptors (Lipinski definition) is 2. The van der Waals surface area contributed by atoms with Gasteiger partial charge < -0.3 is 0 Å². The molecule has 4 aromatic rings. The number of fused-ring (bicyclic) bond motifs is 3. The van der Waals surface area contributed by atoms with Gasteiger partial charge in [0.05, 0.1) is 0 Å². The van der Waals surface area contributed by atoms with Crippen LogP contribution < -0.4 is 0 Å². The molecular formula is C45H50Br2O2. The summed E-state index contributed by atoms with van der Waals surface area (Å²) in [6.07, 6.45) is 11.3. The van der Waals surface area contributed by atoms with Crippen molar-refractivity contribution in [2.75, 3.05) is 0 Å². The van der Waals surface area contributed by atoms with E-state index in [0.717, 1.165) is 34.0 Å². The molecule has 0 bridgehead atoms. The molecule has 2 nitrogen and oxygen atoms in total. The van der Waals surface area contributed by atoms with Crippen molar-refractivity contribution in [1.82, 2.24) is 0 Å². The predicted octanol–water partition coefficient (Wildman–Crippen LogP) is 13.2. The lowest BCUT2D eigenvalue weighted by atomic mass is 9.72. The standard InChI is InChI=1S/C21H22O.C12H13BrO.C12H15Br/c1-15-4-6-16(7-5-15)8-9-17-10-11-19-18(14-17)20(22)12-13-21(19,2)3;1-12(2)6-5-11(14)9-7-8(13)3-4-10(9)12;1-12(2)7-3-4-9-8-10(13)5-6-11(9)12/h4-11,14H,12-13H2,1-3H3;3-4,7H,5-6H2,1-2H3;5-6,8H,3-4,7H2,1-2H3/b9-8+;;. The molecule has 0 unspecified atom stereocenters. The SMILES string of the molecule is CC1(C)CCC(=O)c2cc(Br)ccc21.CC1(C)CCCc2cc(Br)ccc21.Cc1ccc(/C=C/c2ccc3c(c2)C(=O)CCC3(C)C)cc1. The molecule has 49 heavy (non-hydrogen) atoms. The van der Waals surface area contributed by atoms with Crippen LogP contribution in [0.2, 0.25) is 0 Å². The molecule has 256 valence electrons. The Bertz CT molecular complexity index is 1870. The molecule has 4 aromatic carbocycles. The van der Waals surface area contributed by atoms with E-state index in [1.807, 2.05) is 18.2 Å². The molecule has 0 N–H and O–H groups in total. The van der Waals surface area contributed by atoms with E-state index in [1.54, 1.807) is 5.56 Å². The average molecular weight is 783 g/mol. The van der Waals surface area contributed by atoms with Crippen LogP contribution in [-0.4, -0.2) is 11.6 Å². The van der Waals surface area contributed by atoms with Gasteiger partial charge in [-0.1, -0.05) is 140 Å². The largest absolute Gasteiger partial charge is 0.294 e. The van der Waals surface area contributed by atoms with Gasteiger partial charge in [0.15, 0.2) is 11.6 Å². The zero-order valence-corrected chi connectivity index (χ0v) is 33.4. The normalized spacial score (nSPS) is 18.2. The second-order valence-corrected chi connectivity index (χ2v) is 17.7. The number of aryl methyl sites for hydroxylation is 2.